The molecule has 18 heavy (non-hydrogen) atoms. The number of hydrogen-bond acceptors (Lipinski definition) is 4. The van der Waals surface area contributed by atoms with Crippen LogP contribution in [0.15, 0.2) is 18.2 Å². The van der Waals surface area contributed by atoms with E-state index in [-0.39, 0.29) is 11.3 Å². The molecule has 1 aromatic carbocycles. The number of benzene rings is 1. The third-order valence-corrected chi connectivity index (χ3v) is 3.69. The fraction of sp³-hybridized carbons (Fsp3) is 0.417. The number of phenols is 1. The van der Waals surface area contributed by atoms with Crippen LogP contribution in [0.5, 0.6) is 11.5 Å². The second-order valence-electron chi connectivity index (χ2n) is 3.57. The van der Waals surface area contributed by atoms with E-state index in [9.17, 15) is 14.1 Å². The number of hydrogen-bond donors (Lipinski definition) is 2. The van der Waals surface area contributed by atoms with Gasteiger partial charge in [0.05, 0.1) is 12.7 Å². The van der Waals surface area contributed by atoms with Gasteiger partial charge in [-0.1, -0.05) is 6.92 Å². The Morgan fingerprint density at radius 1 is 1.50 bits per heavy atom. The molecule has 5 nitrogen and oxygen atoms in total. The zero-order valence-corrected chi connectivity index (χ0v) is 11.3. The van der Waals surface area contributed by atoms with Crippen molar-refractivity contribution in [2.75, 3.05) is 25.2 Å². The molecule has 2 N–H and O–H groups in total. The summed E-state index contributed by atoms with van der Waals surface area (Å²) in [6.07, 6.45) is 0. The Hall–Kier alpha value is -1.56. The molecule has 1 aromatic rings. The zero-order chi connectivity index (χ0) is 13.5. The van der Waals surface area contributed by atoms with Crippen LogP contribution in [0.4, 0.5) is 0 Å². The van der Waals surface area contributed by atoms with Crippen molar-refractivity contribution in [2.45, 2.75) is 6.92 Å². The van der Waals surface area contributed by atoms with Gasteiger partial charge in [-0.3, -0.25) is 9.00 Å². The normalized spacial score (nSPS) is 11.9. The van der Waals surface area contributed by atoms with E-state index in [1.807, 2.05) is 6.92 Å². The average Bonchev–Trinajstić information content (AvgIpc) is 2.38. The molecule has 100 valence electrons. The highest BCUT2D eigenvalue weighted by molar-refractivity contribution is 7.84. The van der Waals surface area contributed by atoms with Crippen LogP contribution < -0.4 is 10.1 Å². The van der Waals surface area contributed by atoms with Gasteiger partial charge in [0.15, 0.2) is 0 Å². The summed E-state index contributed by atoms with van der Waals surface area (Å²) in [7, 11) is 0.572. The summed E-state index contributed by atoms with van der Waals surface area (Å²) in [4.78, 5) is 11.8. The van der Waals surface area contributed by atoms with Crippen molar-refractivity contribution >= 4 is 16.7 Å². The van der Waals surface area contributed by atoms with E-state index in [2.05, 4.69) is 5.32 Å². The molecular formula is C12H17NO4S. The van der Waals surface area contributed by atoms with Crippen LogP contribution in [0, 0.1) is 0 Å². The standard InChI is InChI=1S/C12H17NO4S/c1-3-18(16)7-6-13-12(15)10-8-9(17-2)4-5-11(10)14/h4-5,8,14H,3,6-7H2,1-2H3,(H,13,15). The van der Waals surface area contributed by atoms with Crippen molar-refractivity contribution in [1.29, 1.82) is 0 Å². The number of rotatable bonds is 6. The molecule has 0 saturated carbocycles. The fourth-order valence-corrected chi connectivity index (χ4v) is 1.96. The maximum absolute atomic E-state index is 11.8. The predicted molar refractivity (Wildman–Crippen MR) is 70.5 cm³/mol. The van der Waals surface area contributed by atoms with Gasteiger partial charge < -0.3 is 15.2 Å². The summed E-state index contributed by atoms with van der Waals surface area (Å²) < 4.78 is 16.2. The van der Waals surface area contributed by atoms with E-state index in [0.29, 0.717) is 23.8 Å². The number of carbonyl (C=O) groups is 1. The molecule has 0 spiro atoms. The number of phenolic OH excluding ortho intramolecular Hbond substituents is 1. The first kappa shape index (κ1) is 14.5. The molecule has 0 radical (unpaired) electrons. The Morgan fingerprint density at radius 3 is 2.83 bits per heavy atom. The first-order valence-electron chi connectivity index (χ1n) is 5.58. The lowest BCUT2D eigenvalue weighted by Crippen LogP contribution is -2.28. The summed E-state index contributed by atoms with van der Waals surface area (Å²) in [5, 5.41) is 12.2. The van der Waals surface area contributed by atoms with Gasteiger partial charge in [-0.15, -0.1) is 0 Å². The first-order valence-corrected chi connectivity index (χ1v) is 7.07. The van der Waals surface area contributed by atoms with Crippen molar-refractivity contribution in [3.05, 3.63) is 23.8 Å². The molecule has 0 aliphatic heterocycles. The minimum Gasteiger partial charge on any atom is -0.507 e. The Bertz CT molecular complexity index is 448. The van der Waals surface area contributed by atoms with E-state index in [0.717, 1.165) is 0 Å². The molecule has 0 aliphatic rings. The van der Waals surface area contributed by atoms with Crippen molar-refractivity contribution in [1.82, 2.24) is 5.32 Å². The van der Waals surface area contributed by atoms with Gasteiger partial charge in [0.25, 0.3) is 5.91 Å². The van der Waals surface area contributed by atoms with E-state index in [1.165, 1.54) is 19.2 Å². The Labute approximate surface area is 109 Å². The second kappa shape index (κ2) is 7.00. The van der Waals surface area contributed by atoms with Gasteiger partial charge in [-0.2, -0.15) is 0 Å². The molecule has 0 aromatic heterocycles. The van der Waals surface area contributed by atoms with E-state index in [1.54, 1.807) is 6.07 Å². The Kier molecular flexibility index (Phi) is 5.64. The number of ether oxygens (including phenoxy) is 1. The largest absolute Gasteiger partial charge is 0.507 e. The van der Waals surface area contributed by atoms with Crippen LogP contribution in [0.1, 0.15) is 17.3 Å². The van der Waals surface area contributed by atoms with Gasteiger partial charge in [0, 0.05) is 28.9 Å². The zero-order valence-electron chi connectivity index (χ0n) is 10.4. The van der Waals surface area contributed by atoms with Crippen molar-refractivity contribution in [3.8, 4) is 11.5 Å². The van der Waals surface area contributed by atoms with Crippen LogP contribution >= 0.6 is 0 Å². The summed E-state index contributed by atoms with van der Waals surface area (Å²) in [6, 6.07) is 4.43. The highest BCUT2D eigenvalue weighted by atomic mass is 32.2. The van der Waals surface area contributed by atoms with Gasteiger partial charge in [0.2, 0.25) is 0 Å². The van der Waals surface area contributed by atoms with E-state index >= 15 is 0 Å². The molecule has 0 bridgehead atoms. The Balaban J connectivity index is 2.63. The number of methoxy groups -OCH3 is 1. The van der Waals surface area contributed by atoms with Crippen LogP contribution in [0.3, 0.4) is 0 Å². The van der Waals surface area contributed by atoms with Gasteiger partial charge in [0.1, 0.15) is 11.5 Å². The molecule has 0 aliphatic carbocycles. The molecule has 6 heteroatoms. The maximum atomic E-state index is 11.8. The van der Waals surface area contributed by atoms with Crippen LogP contribution in [0.25, 0.3) is 0 Å². The summed E-state index contributed by atoms with van der Waals surface area (Å²) >= 11 is 0. The monoisotopic (exact) mass is 271 g/mol. The molecule has 0 saturated heterocycles. The second-order valence-corrected chi connectivity index (χ2v) is 5.44. The molecule has 0 heterocycles. The third kappa shape index (κ3) is 4.03. The SMILES string of the molecule is CCS(=O)CCNC(=O)c1cc(OC)ccc1O. The van der Waals surface area contributed by atoms with Crippen LogP contribution in [-0.2, 0) is 10.8 Å². The van der Waals surface area contributed by atoms with Crippen molar-refractivity contribution in [3.63, 3.8) is 0 Å². The molecule has 1 unspecified atom stereocenters. The van der Waals surface area contributed by atoms with Gasteiger partial charge in [-0.25, -0.2) is 0 Å². The lowest BCUT2D eigenvalue weighted by Gasteiger charge is -2.08. The number of nitrogens with one attached hydrogen (secondary N) is 1. The minimum atomic E-state index is -0.913. The lowest BCUT2D eigenvalue weighted by molar-refractivity contribution is 0.0953. The first-order chi connectivity index (χ1) is 8.58. The smallest absolute Gasteiger partial charge is 0.255 e. The predicted octanol–water partition coefficient (Wildman–Crippen LogP) is 0.899. The topological polar surface area (TPSA) is 75.6 Å². The summed E-state index contributed by atoms with van der Waals surface area (Å²) in [6.45, 7) is 2.14. The lowest BCUT2D eigenvalue weighted by atomic mass is 10.2. The van der Waals surface area contributed by atoms with Crippen molar-refractivity contribution in [2.24, 2.45) is 0 Å². The van der Waals surface area contributed by atoms with Gasteiger partial charge in [-0.05, 0) is 18.2 Å². The average molecular weight is 271 g/mol. The highest BCUT2D eigenvalue weighted by Crippen LogP contribution is 2.22. The van der Waals surface area contributed by atoms with Crippen molar-refractivity contribution < 1.29 is 18.8 Å². The van der Waals surface area contributed by atoms with E-state index in [4.69, 9.17) is 4.74 Å². The quantitative estimate of drug-likeness (QED) is 0.806. The number of carbonyl (C=O) groups excluding carboxylic acids is 1. The molecule has 1 amide bonds. The Morgan fingerprint density at radius 2 is 2.22 bits per heavy atom. The molecule has 1 rings (SSSR count). The van der Waals surface area contributed by atoms with Crippen LogP contribution in [-0.4, -0.2) is 40.4 Å². The maximum Gasteiger partial charge on any atom is 0.255 e. The minimum absolute atomic E-state index is 0.107. The molecular weight excluding hydrogens is 254 g/mol. The summed E-state index contributed by atoms with van der Waals surface area (Å²) in [5.41, 5.74) is 0.150. The number of amides is 1. The van der Waals surface area contributed by atoms with E-state index < -0.39 is 16.7 Å². The summed E-state index contributed by atoms with van der Waals surface area (Å²) in [5.74, 6) is 0.965. The molecule has 1 atom stereocenters. The molecule has 0 fully saturated rings. The van der Waals surface area contributed by atoms with Crippen LogP contribution in [0.2, 0.25) is 0 Å². The third-order valence-electron chi connectivity index (χ3n) is 2.39. The fourth-order valence-electron chi connectivity index (χ4n) is 1.34. The number of aromatic hydroxyl groups is 1. The van der Waals surface area contributed by atoms with Gasteiger partial charge >= 0.3 is 0 Å². The highest BCUT2D eigenvalue weighted by Gasteiger charge is 2.12.